The van der Waals surface area contributed by atoms with E-state index < -0.39 is 5.92 Å². The van der Waals surface area contributed by atoms with E-state index in [0.29, 0.717) is 13.0 Å². The number of aromatic nitrogens is 2. The number of nitriles is 1. The van der Waals surface area contributed by atoms with Crippen LogP contribution in [0.1, 0.15) is 16.8 Å². The Morgan fingerprint density at radius 1 is 1.43 bits per heavy atom. The second-order valence-corrected chi connectivity index (χ2v) is 4.97. The number of hydrogen-bond acceptors (Lipinski definition) is 3. The smallest absolute Gasteiger partial charge is 0.237 e. The van der Waals surface area contributed by atoms with E-state index in [2.05, 4.69) is 16.5 Å². The van der Waals surface area contributed by atoms with Crippen LogP contribution in [0.15, 0.2) is 36.5 Å². The Bertz CT molecular complexity index is 655. The lowest BCUT2D eigenvalue weighted by atomic mass is 10.00. The van der Waals surface area contributed by atoms with Crippen LogP contribution in [0, 0.1) is 24.2 Å². The van der Waals surface area contributed by atoms with Crippen LogP contribution in [0.5, 0.6) is 0 Å². The van der Waals surface area contributed by atoms with Crippen molar-refractivity contribution in [1.29, 1.82) is 5.26 Å². The molecule has 5 nitrogen and oxygen atoms in total. The molecule has 21 heavy (non-hydrogen) atoms. The molecule has 0 saturated heterocycles. The maximum absolute atomic E-state index is 12.1. The van der Waals surface area contributed by atoms with Gasteiger partial charge in [-0.25, -0.2) is 0 Å². The summed E-state index contributed by atoms with van der Waals surface area (Å²) >= 11 is 0. The summed E-state index contributed by atoms with van der Waals surface area (Å²) in [7, 11) is 1.86. The van der Waals surface area contributed by atoms with Crippen molar-refractivity contribution in [2.24, 2.45) is 13.0 Å². The number of amides is 1. The van der Waals surface area contributed by atoms with Crippen LogP contribution in [0.3, 0.4) is 0 Å². The highest BCUT2D eigenvalue weighted by Gasteiger charge is 2.18. The van der Waals surface area contributed by atoms with E-state index in [-0.39, 0.29) is 5.91 Å². The van der Waals surface area contributed by atoms with Crippen molar-refractivity contribution in [2.45, 2.75) is 19.9 Å². The minimum absolute atomic E-state index is 0.246. The monoisotopic (exact) mass is 282 g/mol. The van der Waals surface area contributed by atoms with Crippen molar-refractivity contribution in [3.05, 3.63) is 53.3 Å². The Morgan fingerprint density at radius 2 is 2.14 bits per heavy atom. The van der Waals surface area contributed by atoms with Crippen molar-refractivity contribution in [3.8, 4) is 6.07 Å². The van der Waals surface area contributed by atoms with E-state index in [1.165, 1.54) is 0 Å². The standard InChI is InChI=1S/C16H18N4O/c1-12-15(11-19-20(12)2)10-18-16(21)14(9-17)8-13-6-4-3-5-7-13/h3-7,11,14H,8,10H2,1-2H3,(H,18,21). The fourth-order valence-electron chi connectivity index (χ4n) is 2.07. The lowest BCUT2D eigenvalue weighted by Crippen LogP contribution is -2.30. The first kappa shape index (κ1) is 14.8. The number of aryl methyl sites for hydroxylation is 1. The molecule has 5 heteroatoms. The molecule has 1 amide bonds. The number of rotatable bonds is 5. The Kier molecular flexibility index (Phi) is 4.72. The molecule has 0 spiro atoms. The SMILES string of the molecule is Cc1c(CNC(=O)C(C#N)Cc2ccccc2)cnn1C. The van der Waals surface area contributed by atoms with Gasteiger partial charge >= 0.3 is 0 Å². The van der Waals surface area contributed by atoms with E-state index in [9.17, 15) is 10.1 Å². The molecule has 0 bridgehead atoms. The van der Waals surface area contributed by atoms with Gasteiger partial charge in [0.15, 0.2) is 0 Å². The minimum Gasteiger partial charge on any atom is -0.351 e. The quantitative estimate of drug-likeness (QED) is 0.907. The molecule has 1 unspecified atom stereocenters. The summed E-state index contributed by atoms with van der Waals surface area (Å²) in [6.45, 7) is 2.34. The molecule has 0 aliphatic carbocycles. The largest absolute Gasteiger partial charge is 0.351 e. The first-order valence-corrected chi connectivity index (χ1v) is 6.80. The van der Waals surface area contributed by atoms with E-state index >= 15 is 0 Å². The van der Waals surface area contributed by atoms with Gasteiger partial charge in [-0.3, -0.25) is 9.48 Å². The number of nitrogens with zero attached hydrogens (tertiary/aromatic N) is 3. The maximum atomic E-state index is 12.1. The maximum Gasteiger partial charge on any atom is 0.237 e. The lowest BCUT2D eigenvalue weighted by Gasteiger charge is -2.10. The average molecular weight is 282 g/mol. The van der Waals surface area contributed by atoms with E-state index in [4.69, 9.17) is 0 Å². The van der Waals surface area contributed by atoms with E-state index in [1.807, 2.05) is 44.3 Å². The molecule has 0 aliphatic rings. The van der Waals surface area contributed by atoms with Gasteiger partial charge < -0.3 is 5.32 Å². The van der Waals surface area contributed by atoms with Gasteiger partial charge in [0.25, 0.3) is 0 Å². The first-order valence-electron chi connectivity index (χ1n) is 6.80. The summed E-state index contributed by atoms with van der Waals surface area (Å²) in [5, 5.41) is 16.1. The summed E-state index contributed by atoms with van der Waals surface area (Å²) in [6, 6.07) is 11.6. The molecule has 108 valence electrons. The summed E-state index contributed by atoms with van der Waals surface area (Å²) in [4.78, 5) is 12.1. The zero-order chi connectivity index (χ0) is 15.2. The fraction of sp³-hybridized carbons (Fsp3) is 0.312. The Balaban J connectivity index is 1.95. The van der Waals surface area contributed by atoms with Crippen molar-refractivity contribution in [2.75, 3.05) is 0 Å². The summed E-state index contributed by atoms with van der Waals surface area (Å²) in [5.74, 6) is -0.922. The van der Waals surface area contributed by atoms with Crippen LogP contribution in [-0.4, -0.2) is 15.7 Å². The van der Waals surface area contributed by atoms with Crippen LogP contribution in [0.25, 0.3) is 0 Å². The Hall–Kier alpha value is -2.61. The Labute approximate surface area is 124 Å². The summed E-state index contributed by atoms with van der Waals surface area (Å²) in [5.41, 5.74) is 2.95. The zero-order valence-corrected chi connectivity index (χ0v) is 12.2. The number of carbonyl (C=O) groups is 1. The summed E-state index contributed by atoms with van der Waals surface area (Å²) in [6.07, 6.45) is 2.16. The predicted molar refractivity (Wildman–Crippen MR) is 79.0 cm³/mol. The third-order valence-corrected chi connectivity index (χ3v) is 3.54. The van der Waals surface area contributed by atoms with Gasteiger partial charge in [-0.05, 0) is 18.9 Å². The molecular formula is C16H18N4O. The third-order valence-electron chi connectivity index (χ3n) is 3.54. The highest BCUT2D eigenvalue weighted by Crippen LogP contribution is 2.10. The number of hydrogen-bond donors (Lipinski definition) is 1. The highest BCUT2D eigenvalue weighted by atomic mass is 16.1. The normalized spacial score (nSPS) is 11.7. The molecular weight excluding hydrogens is 264 g/mol. The Morgan fingerprint density at radius 3 is 2.71 bits per heavy atom. The van der Waals surface area contributed by atoms with Crippen LogP contribution < -0.4 is 5.32 Å². The third kappa shape index (κ3) is 3.69. The van der Waals surface area contributed by atoms with Gasteiger partial charge in [-0.2, -0.15) is 10.4 Å². The van der Waals surface area contributed by atoms with Gasteiger partial charge in [0.1, 0.15) is 5.92 Å². The van der Waals surface area contributed by atoms with Crippen molar-refractivity contribution >= 4 is 5.91 Å². The predicted octanol–water partition coefficient (Wildman–Crippen LogP) is 1.73. The van der Waals surface area contributed by atoms with Gasteiger partial charge in [0.05, 0.1) is 12.3 Å². The molecule has 2 aromatic rings. The van der Waals surface area contributed by atoms with Crippen molar-refractivity contribution < 1.29 is 4.79 Å². The molecule has 0 radical (unpaired) electrons. The van der Waals surface area contributed by atoms with Crippen LogP contribution >= 0.6 is 0 Å². The zero-order valence-electron chi connectivity index (χ0n) is 12.2. The number of nitrogens with one attached hydrogen (secondary N) is 1. The summed E-state index contributed by atoms with van der Waals surface area (Å²) < 4.78 is 1.76. The second kappa shape index (κ2) is 6.71. The minimum atomic E-state index is -0.677. The van der Waals surface area contributed by atoms with Gasteiger partial charge in [0.2, 0.25) is 5.91 Å². The molecule has 1 heterocycles. The van der Waals surface area contributed by atoms with Gasteiger partial charge in [0, 0.05) is 24.8 Å². The molecule has 1 N–H and O–H groups in total. The van der Waals surface area contributed by atoms with Crippen LogP contribution in [-0.2, 0) is 24.8 Å². The van der Waals surface area contributed by atoms with Crippen LogP contribution in [0.4, 0.5) is 0 Å². The molecule has 0 aliphatic heterocycles. The molecule has 1 aromatic carbocycles. The van der Waals surface area contributed by atoms with Crippen molar-refractivity contribution in [3.63, 3.8) is 0 Å². The molecule has 0 saturated carbocycles. The topological polar surface area (TPSA) is 70.7 Å². The van der Waals surface area contributed by atoms with Crippen molar-refractivity contribution in [1.82, 2.24) is 15.1 Å². The van der Waals surface area contributed by atoms with Gasteiger partial charge in [-0.1, -0.05) is 30.3 Å². The lowest BCUT2D eigenvalue weighted by molar-refractivity contribution is -0.123. The average Bonchev–Trinajstić information content (AvgIpc) is 2.83. The highest BCUT2D eigenvalue weighted by molar-refractivity contribution is 5.81. The molecule has 1 aromatic heterocycles. The first-order chi connectivity index (χ1) is 10.1. The van der Waals surface area contributed by atoms with Gasteiger partial charge in [-0.15, -0.1) is 0 Å². The number of benzene rings is 1. The fourth-order valence-corrected chi connectivity index (χ4v) is 2.07. The second-order valence-electron chi connectivity index (χ2n) is 4.97. The molecule has 2 rings (SSSR count). The number of carbonyl (C=O) groups excluding carboxylic acids is 1. The molecule has 0 fully saturated rings. The molecule has 1 atom stereocenters. The van der Waals surface area contributed by atoms with E-state index in [1.54, 1.807) is 10.9 Å². The van der Waals surface area contributed by atoms with E-state index in [0.717, 1.165) is 16.8 Å². The van der Waals surface area contributed by atoms with Crippen LogP contribution in [0.2, 0.25) is 0 Å².